The summed E-state index contributed by atoms with van der Waals surface area (Å²) in [7, 11) is 0. The third kappa shape index (κ3) is 4.79. The maximum atomic E-state index is 10.0. The van der Waals surface area contributed by atoms with E-state index in [0.29, 0.717) is 11.2 Å². The molecule has 0 aromatic rings. The first-order valence-electron chi connectivity index (χ1n) is 3.38. The highest BCUT2D eigenvalue weighted by Crippen LogP contribution is 2.17. The fraction of sp³-hybridized carbons (Fsp3) is 1.00. The molecule has 1 unspecified atom stereocenters. The molecule has 0 saturated heterocycles. The van der Waals surface area contributed by atoms with Crippen LogP contribution in [0.5, 0.6) is 0 Å². The van der Waals surface area contributed by atoms with Crippen molar-refractivity contribution in [3.63, 3.8) is 0 Å². The summed E-state index contributed by atoms with van der Waals surface area (Å²) in [5, 5.41) is 10.7. The van der Waals surface area contributed by atoms with Gasteiger partial charge in [-0.05, 0) is 5.92 Å². The van der Waals surface area contributed by atoms with Crippen LogP contribution >= 0.6 is 11.8 Å². The molecular formula is C7H15OS. The minimum Gasteiger partial charge on any atom is -0.236 e. The van der Waals surface area contributed by atoms with Crippen LogP contribution in [0.25, 0.3) is 0 Å². The average Bonchev–Trinajstić information content (AvgIpc) is 1.82. The monoisotopic (exact) mass is 147 g/mol. The van der Waals surface area contributed by atoms with E-state index in [-0.39, 0.29) is 6.61 Å². The van der Waals surface area contributed by atoms with Crippen LogP contribution in [0.2, 0.25) is 0 Å². The Hall–Kier alpha value is 0.310. The zero-order valence-electron chi connectivity index (χ0n) is 6.39. The molecule has 0 heterocycles. The lowest BCUT2D eigenvalue weighted by Crippen LogP contribution is -2.07. The lowest BCUT2D eigenvalue weighted by atomic mass is 10.2. The van der Waals surface area contributed by atoms with Gasteiger partial charge in [0.15, 0.2) is 0 Å². The SMILES string of the molecule is CC(C)C(C)SCC[O]. The first-order valence-corrected chi connectivity index (χ1v) is 4.43. The predicted octanol–water partition coefficient (Wildman–Crippen LogP) is 2.19. The zero-order valence-corrected chi connectivity index (χ0v) is 7.20. The molecule has 2 heteroatoms. The minimum absolute atomic E-state index is 0.0573. The van der Waals surface area contributed by atoms with Crippen LogP contribution in [0.15, 0.2) is 0 Å². The van der Waals surface area contributed by atoms with Crippen LogP contribution in [0.1, 0.15) is 20.8 Å². The Kier molecular flexibility index (Phi) is 5.30. The maximum Gasteiger partial charge on any atom is 0.0912 e. The van der Waals surface area contributed by atoms with Crippen molar-refractivity contribution >= 4 is 11.8 Å². The molecule has 0 aliphatic heterocycles. The zero-order chi connectivity index (χ0) is 7.28. The van der Waals surface area contributed by atoms with Crippen LogP contribution < -0.4 is 0 Å². The highest BCUT2D eigenvalue weighted by molar-refractivity contribution is 7.99. The van der Waals surface area contributed by atoms with Crippen LogP contribution in [-0.2, 0) is 5.11 Å². The van der Waals surface area contributed by atoms with Gasteiger partial charge >= 0.3 is 0 Å². The van der Waals surface area contributed by atoms with Gasteiger partial charge < -0.3 is 0 Å². The molecule has 1 atom stereocenters. The molecule has 55 valence electrons. The maximum absolute atomic E-state index is 10.0. The fourth-order valence-electron chi connectivity index (χ4n) is 0.426. The fourth-order valence-corrected chi connectivity index (χ4v) is 1.28. The average molecular weight is 147 g/mol. The molecule has 0 aliphatic rings. The molecule has 0 aromatic heterocycles. The van der Waals surface area contributed by atoms with Gasteiger partial charge in [0.25, 0.3) is 0 Å². The van der Waals surface area contributed by atoms with Crippen molar-refractivity contribution in [3.8, 4) is 0 Å². The Morgan fingerprint density at radius 3 is 2.22 bits per heavy atom. The first kappa shape index (κ1) is 9.31. The molecule has 0 amide bonds. The van der Waals surface area contributed by atoms with Crippen molar-refractivity contribution in [1.29, 1.82) is 0 Å². The molecule has 0 bridgehead atoms. The summed E-state index contributed by atoms with van der Waals surface area (Å²) in [5.41, 5.74) is 0. The Balaban J connectivity index is 3.16. The number of hydrogen-bond donors (Lipinski definition) is 0. The molecule has 0 rings (SSSR count). The van der Waals surface area contributed by atoms with Crippen molar-refractivity contribution in [3.05, 3.63) is 0 Å². The second-order valence-corrected chi connectivity index (χ2v) is 4.01. The van der Waals surface area contributed by atoms with E-state index >= 15 is 0 Å². The number of rotatable bonds is 4. The van der Waals surface area contributed by atoms with Crippen molar-refractivity contribution < 1.29 is 5.11 Å². The number of hydrogen-bond acceptors (Lipinski definition) is 1. The summed E-state index contributed by atoms with van der Waals surface area (Å²) in [5.74, 6) is 1.46. The highest BCUT2D eigenvalue weighted by atomic mass is 32.2. The van der Waals surface area contributed by atoms with Gasteiger partial charge in [0.2, 0.25) is 0 Å². The lowest BCUT2D eigenvalue weighted by molar-refractivity contribution is 0.215. The molecule has 1 radical (unpaired) electrons. The molecule has 0 fully saturated rings. The smallest absolute Gasteiger partial charge is 0.0912 e. The normalized spacial score (nSPS) is 14.3. The van der Waals surface area contributed by atoms with Gasteiger partial charge in [-0.25, -0.2) is 5.11 Å². The molecule has 1 nitrogen and oxygen atoms in total. The predicted molar refractivity (Wildman–Crippen MR) is 42.3 cm³/mol. The Bertz CT molecular complexity index is 63.9. The Labute approximate surface area is 61.8 Å². The second kappa shape index (κ2) is 5.12. The Morgan fingerprint density at radius 1 is 1.33 bits per heavy atom. The molecule has 0 aromatic carbocycles. The molecular weight excluding hydrogens is 132 g/mol. The summed E-state index contributed by atoms with van der Waals surface area (Å²) in [6.45, 7) is 6.59. The van der Waals surface area contributed by atoms with Crippen LogP contribution in [-0.4, -0.2) is 17.6 Å². The molecule has 0 spiro atoms. The largest absolute Gasteiger partial charge is 0.236 e. The van der Waals surface area contributed by atoms with E-state index in [1.807, 2.05) is 0 Å². The number of thioether (sulfide) groups is 1. The lowest BCUT2D eigenvalue weighted by Gasteiger charge is -2.12. The van der Waals surface area contributed by atoms with Gasteiger partial charge in [0.1, 0.15) is 0 Å². The molecule has 0 N–H and O–H groups in total. The van der Waals surface area contributed by atoms with Crippen LogP contribution in [0, 0.1) is 5.92 Å². The van der Waals surface area contributed by atoms with Gasteiger partial charge in [-0.1, -0.05) is 20.8 Å². The quantitative estimate of drug-likeness (QED) is 0.596. The van der Waals surface area contributed by atoms with E-state index in [0.717, 1.165) is 5.75 Å². The standard InChI is InChI=1S/C7H15OS/c1-6(2)7(3)9-5-4-8/h6-7H,4-5H2,1-3H3. The molecule has 0 saturated carbocycles. The minimum atomic E-state index is 0.0573. The van der Waals surface area contributed by atoms with Crippen molar-refractivity contribution in [1.82, 2.24) is 0 Å². The topological polar surface area (TPSA) is 19.9 Å². The van der Waals surface area contributed by atoms with E-state index in [1.165, 1.54) is 0 Å². The summed E-state index contributed by atoms with van der Waals surface area (Å²) in [6, 6.07) is 0. The van der Waals surface area contributed by atoms with Gasteiger partial charge in [-0.3, -0.25) is 0 Å². The van der Waals surface area contributed by atoms with E-state index in [4.69, 9.17) is 0 Å². The second-order valence-electron chi connectivity index (χ2n) is 2.52. The van der Waals surface area contributed by atoms with Crippen molar-refractivity contribution in [2.45, 2.75) is 26.0 Å². The Morgan fingerprint density at radius 2 is 1.89 bits per heavy atom. The summed E-state index contributed by atoms with van der Waals surface area (Å²) < 4.78 is 0. The van der Waals surface area contributed by atoms with Gasteiger partial charge in [0, 0.05) is 11.0 Å². The van der Waals surface area contributed by atoms with Crippen molar-refractivity contribution in [2.75, 3.05) is 12.4 Å². The molecule has 9 heavy (non-hydrogen) atoms. The van der Waals surface area contributed by atoms with E-state index in [9.17, 15) is 5.11 Å². The van der Waals surface area contributed by atoms with E-state index in [1.54, 1.807) is 11.8 Å². The van der Waals surface area contributed by atoms with E-state index < -0.39 is 0 Å². The van der Waals surface area contributed by atoms with Crippen LogP contribution in [0.4, 0.5) is 0 Å². The third-order valence-corrected chi connectivity index (χ3v) is 2.88. The van der Waals surface area contributed by atoms with Crippen molar-refractivity contribution in [2.24, 2.45) is 5.92 Å². The summed E-state index contributed by atoms with van der Waals surface area (Å²) in [6.07, 6.45) is 0. The summed E-state index contributed by atoms with van der Waals surface area (Å²) in [4.78, 5) is 0. The van der Waals surface area contributed by atoms with Gasteiger partial charge in [-0.15, -0.1) is 0 Å². The van der Waals surface area contributed by atoms with Gasteiger partial charge in [0.05, 0.1) is 6.61 Å². The molecule has 0 aliphatic carbocycles. The first-order chi connectivity index (χ1) is 4.18. The van der Waals surface area contributed by atoms with Gasteiger partial charge in [-0.2, -0.15) is 11.8 Å². The van der Waals surface area contributed by atoms with Crippen LogP contribution in [0.3, 0.4) is 0 Å². The third-order valence-electron chi connectivity index (χ3n) is 1.40. The van der Waals surface area contributed by atoms with E-state index in [2.05, 4.69) is 20.8 Å². The summed E-state index contributed by atoms with van der Waals surface area (Å²) >= 11 is 1.77. The highest BCUT2D eigenvalue weighted by Gasteiger charge is 2.05.